The van der Waals surface area contributed by atoms with Crippen LogP contribution in [-0.4, -0.2) is 5.11 Å². The summed E-state index contributed by atoms with van der Waals surface area (Å²) in [4.78, 5) is 0. The molecule has 0 aliphatic carbocycles. The van der Waals surface area contributed by atoms with Crippen molar-refractivity contribution >= 4 is 0 Å². The van der Waals surface area contributed by atoms with Crippen LogP contribution in [0, 0.1) is 0 Å². The van der Waals surface area contributed by atoms with Gasteiger partial charge in [-0.1, -0.05) is 12.2 Å². The van der Waals surface area contributed by atoms with Crippen molar-refractivity contribution in [3.8, 4) is 0 Å². The molecule has 3 N–H and O–H groups in total. The quantitative estimate of drug-likeness (QED) is 0.490. The summed E-state index contributed by atoms with van der Waals surface area (Å²) < 4.78 is 0. The summed E-state index contributed by atoms with van der Waals surface area (Å²) in [6.07, 6.45) is 3.87. The van der Waals surface area contributed by atoms with Crippen molar-refractivity contribution < 1.29 is 5.11 Å². The molecule has 0 atom stereocenters. The molecule has 0 unspecified atom stereocenters. The van der Waals surface area contributed by atoms with Crippen LogP contribution in [0.2, 0.25) is 0 Å². The molecule has 0 aromatic carbocycles. The molecule has 0 radical (unpaired) electrons. The summed E-state index contributed by atoms with van der Waals surface area (Å²) in [6.45, 7) is 7.41. The Balaban J connectivity index is 4.92. The first-order valence-electron chi connectivity index (χ1n) is 3.96. The van der Waals surface area contributed by atoms with Crippen LogP contribution in [0.3, 0.4) is 0 Å². The van der Waals surface area contributed by atoms with E-state index >= 15 is 0 Å². The molecule has 0 bridgehead atoms. The van der Waals surface area contributed by atoms with Crippen molar-refractivity contribution in [3.63, 3.8) is 0 Å². The average Bonchev–Trinajstić information content (AvgIpc) is 2.02. The van der Waals surface area contributed by atoms with Gasteiger partial charge in [0.2, 0.25) is 0 Å². The molecule has 0 aliphatic heterocycles. The van der Waals surface area contributed by atoms with Gasteiger partial charge < -0.3 is 10.8 Å². The van der Waals surface area contributed by atoms with Gasteiger partial charge in [-0.2, -0.15) is 0 Å². The first kappa shape index (κ1) is 10.8. The third-order valence-electron chi connectivity index (χ3n) is 1.74. The van der Waals surface area contributed by atoms with Gasteiger partial charge >= 0.3 is 0 Å². The van der Waals surface area contributed by atoms with Gasteiger partial charge in [-0.25, -0.2) is 0 Å². The number of nitrogens with two attached hydrogens (primary N) is 1. The van der Waals surface area contributed by atoms with Crippen LogP contribution in [0.1, 0.15) is 27.7 Å². The molecule has 0 aromatic heterocycles. The van der Waals surface area contributed by atoms with Gasteiger partial charge in [0.05, 0.1) is 0 Å². The predicted molar refractivity (Wildman–Crippen MR) is 52.7 cm³/mol. The van der Waals surface area contributed by atoms with Gasteiger partial charge in [0.15, 0.2) is 0 Å². The molecule has 0 aromatic rings. The molecule has 0 saturated carbocycles. The normalized spacial score (nSPS) is 16.0. The minimum Gasteiger partial charge on any atom is -0.506 e. The van der Waals surface area contributed by atoms with Gasteiger partial charge in [-0.3, -0.25) is 0 Å². The Morgan fingerprint density at radius 3 is 2.08 bits per heavy atom. The highest BCUT2D eigenvalue weighted by molar-refractivity contribution is 5.35. The van der Waals surface area contributed by atoms with E-state index in [1.54, 1.807) is 6.92 Å². The highest BCUT2D eigenvalue weighted by Crippen LogP contribution is 2.14. The molecular weight excluding hydrogens is 150 g/mol. The monoisotopic (exact) mass is 167 g/mol. The molecule has 0 heterocycles. The molecule has 0 aliphatic rings. The van der Waals surface area contributed by atoms with Crippen molar-refractivity contribution in [3.05, 3.63) is 34.8 Å². The molecule has 0 saturated heterocycles. The molecule has 12 heavy (non-hydrogen) atoms. The number of aliphatic hydroxyl groups is 1. The number of rotatable bonds is 2. The Morgan fingerprint density at radius 2 is 1.75 bits per heavy atom. The van der Waals surface area contributed by atoms with Crippen molar-refractivity contribution in [1.29, 1.82) is 0 Å². The van der Waals surface area contributed by atoms with Crippen LogP contribution >= 0.6 is 0 Å². The highest BCUT2D eigenvalue weighted by Gasteiger charge is 2.01. The Labute approximate surface area is 74.1 Å². The van der Waals surface area contributed by atoms with Crippen LogP contribution < -0.4 is 5.73 Å². The summed E-state index contributed by atoms with van der Waals surface area (Å²) in [5.41, 5.74) is 7.75. The van der Waals surface area contributed by atoms with Gasteiger partial charge in [-0.05, 0) is 38.8 Å². The molecule has 68 valence electrons. The van der Waals surface area contributed by atoms with E-state index in [1.807, 2.05) is 32.9 Å². The first-order chi connectivity index (χ1) is 5.50. The largest absolute Gasteiger partial charge is 0.506 e. The third kappa shape index (κ3) is 2.82. The lowest BCUT2D eigenvalue weighted by Gasteiger charge is -2.04. The fourth-order valence-electron chi connectivity index (χ4n) is 0.858. The molecule has 2 nitrogen and oxygen atoms in total. The van der Waals surface area contributed by atoms with E-state index in [4.69, 9.17) is 5.73 Å². The fraction of sp³-hybridized carbons (Fsp3) is 0.400. The van der Waals surface area contributed by atoms with Crippen LogP contribution in [0.25, 0.3) is 0 Å². The average molecular weight is 167 g/mol. The second-order valence-corrected chi connectivity index (χ2v) is 2.84. The smallest absolute Gasteiger partial charge is 0.137 e. The van der Waals surface area contributed by atoms with E-state index in [1.165, 1.54) is 0 Å². The second kappa shape index (κ2) is 4.65. The molecule has 0 spiro atoms. The Hall–Kier alpha value is -1.18. The van der Waals surface area contributed by atoms with Crippen LogP contribution in [-0.2, 0) is 0 Å². The molecule has 0 amide bonds. The van der Waals surface area contributed by atoms with E-state index in [0.29, 0.717) is 5.70 Å². The van der Waals surface area contributed by atoms with E-state index in [9.17, 15) is 5.11 Å². The van der Waals surface area contributed by atoms with Gasteiger partial charge in [0.25, 0.3) is 0 Å². The lowest BCUT2D eigenvalue weighted by molar-refractivity contribution is 0.415. The summed E-state index contributed by atoms with van der Waals surface area (Å²) in [5, 5.41) is 9.45. The summed E-state index contributed by atoms with van der Waals surface area (Å²) >= 11 is 0. The Kier molecular flexibility index (Phi) is 4.19. The minimum atomic E-state index is 0.186. The number of aliphatic hydroxyl groups excluding tert-OH is 1. The third-order valence-corrected chi connectivity index (χ3v) is 1.74. The topological polar surface area (TPSA) is 46.2 Å². The highest BCUT2D eigenvalue weighted by atomic mass is 16.3. The van der Waals surface area contributed by atoms with Gasteiger partial charge in [-0.15, -0.1) is 0 Å². The SMILES string of the molecule is C/C=C/C(C)=C(C)\C(O)=C(/C)N. The van der Waals surface area contributed by atoms with Gasteiger partial charge in [0.1, 0.15) is 5.76 Å². The number of hydrogen-bond donors (Lipinski definition) is 2. The maximum atomic E-state index is 9.45. The van der Waals surface area contributed by atoms with Crippen LogP contribution in [0.4, 0.5) is 0 Å². The zero-order valence-electron chi connectivity index (χ0n) is 8.18. The lowest BCUT2D eigenvalue weighted by Crippen LogP contribution is -1.99. The van der Waals surface area contributed by atoms with Crippen LogP contribution in [0.15, 0.2) is 34.8 Å². The van der Waals surface area contributed by atoms with E-state index < -0.39 is 0 Å². The summed E-state index contributed by atoms with van der Waals surface area (Å²) in [5.74, 6) is 0.186. The van der Waals surface area contributed by atoms with Gasteiger partial charge in [0, 0.05) is 5.70 Å². The zero-order valence-corrected chi connectivity index (χ0v) is 8.18. The van der Waals surface area contributed by atoms with Crippen molar-refractivity contribution in [2.24, 2.45) is 5.73 Å². The minimum absolute atomic E-state index is 0.186. The summed E-state index contributed by atoms with van der Waals surface area (Å²) in [6, 6.07) is 0. The van der Waals surface area contributed by atoms with Crippen LogP contribution in [0.5, 0.6) is 0 Å². The van der Waals surface area contributed by atoms with Crippen molar-refractivity contribution in [2.45, 2.75) is 27.7 Å². The lowest BCUT2D eigenvalue weighted by atomic mass is 10.1. The number of allylic oxidation sites excluding steroid dienone is 5. The predicted octanol–water partition coefficient (Wildman–Crippen LogP) is 2.65. The summed E-state index contributed by atoms with van der Waals surface area (Å²) in [7, 11) is 0. The van der Waals surface area contributed by atoms with Crippen molar-refractivity contribution in [2.75, 3.05) is 0 Å². The fourth-order valence-corrected chi connectivity index (χ4v) is 0.858. The molecular formula is C10H17NO. The van der Waals surface area contributed by atoms with E-state index in [-0.39, 0.29) is 5.76 Å². The van der Waals surface area contributed by atoms with Crippen molar-refractivity contribution in [1.82, 2.24) is 0 Å². The maximum Gasteiger partial charge on any atom is 0.137 e. The number of hydrogen-bond acceptors (Lipinski definition) is 2. The Bertz CT molecular complexity index is 243. The first-order valence-corrected chi connectivity index (χ1v) is 3.96. The van der Waals surface area contributed by atoms with E-state index in [2.05, 4.69) is 0 Å². The zero-order chi connectivity index (χ0) is 9.72. The maximum absolute atomic E-state index is 9.45. The Morgan fingerprint density at radius 1 is 1.25 bits per heavy atom. The van der Waals surface area contributed by atoms with E-state index in [0.717, 1.165) is 11.1 Å². The second-order valence-electron chi connectivity index (χ2n) is 2.84. The standard InChI is InChI=1S/C10H17NO/c1-5-6-7(2)8(3)10(12)9(4)11/h5-6,12H,11H2,1-4H3/b6-5+,8-7-,10-9-. The molecule has 2 heteroatoms. The molecule has 0 rings (SSSR count). The molecule has 0 fully saturated rings.